The second kappa shape index (κ2) is 4.84. The number of esters is 1. The minimum Gasteiger partial charge on any atom is -0.482 e. The van der Waals surface area contributed by atoms with Crippen LogP contribution in [-0.4, -0.2) is 36.8 Å². The van der Waals surface area contributed by atoms with Gasteiger partial charge in [-0.3, -0.25) is 4.79 Å². The zero-order valence-electron chi connectivity index (χ0n) is 8.93. The molecule has 0 atom stereocenters. The lowest BCUT2D eigenvalue weighted by molar-refractivity contribution is -0.118. The lowest BCUT2D eigenvalue weighted by Crippen LogP contribution is -2.25. The van der Waals surface area contributed by atoms with Crippen molar-refractivity contribution in [2.24, 2.45) is 0 Å². The number of aliphatic hydroxyl groups excluding tert-OH is 1. The number of benzene rings is 1. The van der Waals surface area contributed by atoms with Crippen LogP contribution < -0.4 is 10.1 Å². The number of hydrogen-bond acceptors (Lipinski definition) is 5. The fraction of sp³-hybridized carbons (Fsp3) is 0.273. The van der Waals surface area contributed by atoms with Crippen molar-refractivity contribution >= 4 is 17.6 Å². The molecule has 6 nitrogen and oxygen atoms in total. The number of fused-ring (bicyclic) bond motifs is 1. The summed E-state index contributed by atoms with van der Waals surface area (Å²) >= 11 is 0. The lowest BCUT2D eigenvalue weighted by Gasteiger charge is -2.18. The van der Waals surface area contributed by atoms with Gasteiger partial charge in [0.15, 0.2) is 6.61 Å². The third-order valence-electron chi connectivity index (χ3n) is 2.17. The second-order valence-electron chi connectivity index (χ2n) is 3.41. The lowest BCUT2D eigenvalue weighted by atomic mass is 10.1. The molecule has 1 aliphatic heterocycles. The van der Waals surface area contributed by atoms with Crippen molar-refractivity contribution in [3.05, 3.63) is 23.8 Å². The van der Waals surface area contributed by atoms with E-state index in [1.807, 2.05) is 0 Å². The molecule has 1 aromatic rings. The van der Waals surface area contributed by atoms with Crippen molar-refractivity contribution in [3.8, 4) is 5.75 Å². The van der Waals surface area contributed by atoms with E-state index in [2.05, 4.69) is 5.32 Å². The highest BCUT2D eigenvalue weighted by molar-refractivity contribution is 5.98. The zero-order chi connectivity index (χ0) is 12.3. The van der Waals surface area contributed by atoms with Crippen LogP contribution in [0.5, 0.6) is 5.75 Å². The fourth-order valence-electron chi connectivity index (χ4n) is 1.43. The third-order valence-corrected chi connectivity index (χ3v) is 2.17. The van der Waals surface area contributed by atoms with Crippen molar-refractivity contribution < 1.29 is 24.2 Å². The van der Waals surface area contributed by atoms with Crippen molar-refractivity contribution in [3.63, 3.8) is 0 Å². The van der Waals surface area contributed by atoms with E-state index in [1.54, 1.807) is 6.07 Å². The molecule has 0 bridgehead atoms. The summed E-state index contributed by atoms with van der Waals surface area (Å²) in [5.74, 6) is -0.302. The van der Waals surface area contributed by atoms with Crippen molar-refractivity contribution in [2.75, 3.05) is 25.1 Å². The molecule has 1 amide bonds. The van der Waals surface area contributed by atoms with Crippen LogP contribution in [0.2, 0.25) is 0 Å². The molecule has 0 spiro atoms. The van der Waals surface area contributed by atoms with Crippen molar-refractivity contribution in [2.45, 2.75) is 0 Å². The van der Waals surface area contributed by atoms with Gasteiger partial charge in [0.05, 0.1) is 17.9 Å². The number of aliphatic hydroxyl groups is 1. The number of ether oxygens (including phenoxy) is 2. The van der Waals surface area contributed by atoms with Gasteiger partial charge in [0.1, 0.15) is 12.4 Å². The van der Waals surface area contributed by atoms with Crippen LogP contribution in [-0.2, 0) is 9.53 Å². The van der Waals surface area contributed by atoms with Gasteiger partial charge in [-0.05, 0) is 18.2 Å². The van der Waals surface area contributed by atoms with Gasteiger partial charge in [-0.25, -0.2) is 4.79 Å². The Morgan fingerprint density at radius 1 is 1.53 bits per heavy atom. The second-order valence-corrected chi connectivity index (χ2v) is 3.41. The van der Waals surface area contributed by atoms with Crippen LogP contribution >= 0.6 is 0 Å². The predicted molar refractivity (Wildman–Crippen MR) is 57.9 cm³/mol. The van der Waals surface area contributed by atoms with Crippen LogP contribution in [0.15, 0.2) is 18.2 Å². The van der Waals surface area contributed by atoms with Crippen LogP contribution in [0.3, 0.4) is 0 Å². The summed E-state index contributed by atoms with van der Waals surface area (Å²) in [5, 5.41) is 11.1. The predicted octanol–water partition coefficient (Wildman–Crippen LogP) is 0.167. The van der Waals surface area contributed by atoms with E-state index < -0.39 is 5.97 Å². The van der Waals surface area contributed by atoms with Gasteiger partial charge in [0.25, 0.3) is 5.91 Å². The van der Waals surface area contributed by atoms with Crippen molar-refractivity contribution in [1.82, 2.24) is 0 Å². The number of carbonyl (C=O) groups is 2. The van der Waals surface area contributed by atoms with E-state index >= 15 is 0 Å². The summed E-state index contributed by atoms with van der Waals surface area (Å²) in [6.45, 7) is -0.309. The molecule has 0 fully saturated rings. The fourth-order valence-corrected chi connectivity index (χ4v) is 1.43. The smallest absolute Gasteiger partial charge is 0.338 e. The van der Waals surface area contributed by atoms with E-state index in [9.17, 15) is 9.59 Å². The molecule has 1 aliphatic rings. The number of hydrogen-bond donors (Lipinski definition) is 2. The molecule has 90 valence electrons. The molecule has 2 rings (SSSR count). The normalized spacial score (nSPS) is 13.4. The van der Waals surface area contributed by atoms with E-state index in [0.29, 0.717) is 17.0 Å². The van der Waals surface area contributed by atoms with E-state index in [1.165, 1.54) is 12.1 Å². The van der Waals surface area contributed by atoms with Gasteiger partial charge < -0.3 is 19.9 Å². The molecule has 1 aromatic carbocycles. The Bertz CT molecular complexity index is 457. The zero-order valence-corrected chi connectivity index (χ0v) is 8.93. The topological polar surface area (TPSA) is 84.9 Å². The summed E-state index contributed by atoms with van der Waals surface area (Å²) in [5.41, 5.74) is 0.739. The highest BCUT2D eigenvalue weighted by atomic mass is 16.5. The number of amides is 1. The highest BCUT2D eigenvalue weighted by Gasteiger charge is 2.18. The molecular weight excluding hydrogens is 226 g/mol. The maximum Gasteiger partial charge on any atom is 0.338 e. The average Bonchev–Trinajstić information content (AvgIpc) is 2.35. The Balaban J connectivity index is 2.18. The largest absolute Gasteiger partial charge is 0.482 e. The Morgan fingerprint density at radius 2 is 2.35 bits per heavy atom. The number of nitrogens with one attached hydrogen (secondary N) is 1. The van der Waals surface area contributed by atoms with Gasteiger partial charge in [-0.1, -0.05) is 0 Å². The quantitative estimate of drug-likeness (QED) is 0.732. The molecule has 0 saturated carbocycles. The van der Waals surface area contributed by atoms with Gasteiger partial charge in [-0.2, -0.15) is 0 Å². The van der Waals surface area contributed by atoms with Gasteiger partial charge >= 0.3 is 5.97 Å². The first-order valence-corrected chi connectivity index (χ1v) is 5.05. The maximum absolute atomic E-state index is 11.5. The Hall–Kier alpha value is -2.08. The highest BCUT2D eigenvalue weighted by Crippen LogP contribution is 2.28. The van der Waals surface area contributed by atoms with Gasteiger partial charge in [-0.15, -0.1) is 0 Å². The number of anilines is 1. The SMILES string of the molecule is O=C1COc2ccc(C(=O)OCCO)cc2N1. The summed E-state index contributed by atoms with van der Waals surface area (Å²) in [7, 11) is 0. The van der Waals surface area contributed by atoms with Crippen LogP contribution in [0.1, 0.15) is 10.4 Å². The van der Waals surface area contributed by atoms with E-state index in [4.69, 9.17) is 14.6 Å². The minimum absolute atomic E-state index is 0.0265. The first-order valence-electron chi connectivity index (χ1n) is 5.05. The molecule has 0 aliphatic carbocycles. The van der Waals surface area contributed by atoms with Crippen LogP contribution in [0.25, 0.3) is 0 Å². The third kappa shape index (κ3) is 2.54. The standard InChI is InChI=1S/C11H11NO5/c13-3-4-16-11(15)7-1-2-9-8(5-7)12-10(14)6-17-9/h1-2,5,13H,3-4,6H2,(H,12,14). The summed E-state index contributed by atoms with van der Waals surface area (Å²) in [6, 6.07) is 4.60. The molecular formula is C11H11NO5. The maximum atomic E-state index is 11.5. The number of rotatable bonds is 3. The molecule has 6 heteroatoms. The number of carbonyl (C=O) groups excluding carboxylic acids is 2. The molecule has 17 heavy (non-hydrogen) atoms. The average molecular weight is 237 g/mol. The molecule has 0 aromatic heterocycles. The Kier molecular flexibility index (Phi) is 3.24. The summed E-state index contributed by atoms with van der Waals surface area (Å²) < 4.78 is 9.90. The minimum atomic E-state index is -0.554. The first-order chi connectivity index (χ1) is 8.20. The molecule has 0 radical (unpaired) electrons. The summed E-state index contributed by atoms with van der Waals surface area (Å²) in [6.07, 6.45) is 0. The van der Waals surface area contributed by atoms with E-state index in [0.717, 1.165) is 0 Å². The van der Waals surface area contributed by atoms with Crippen LogP contribution in [0, 0.1) is 0 Å². The van der Waals surface area contributed by atoms with Crippen molar-refractivity contribution in [1.29, 1.82) is 0 Å². The molecule has 0 unspecified atom stereocenters. The van der Waals surface area contributed by atoms with E-state index in [-0.39, 0.29) is 25.7 Å². The van der Waals surface area contributed by atoms with Crippen LogP contribution in [0.4, 0.5) is 5.69 Å². The van der Waals surface area contributed by atoms with Gasteiger partial charge in [0.2, 0.25) is 0 Å². The monoisotopic (exact) mass is 237 g/mol. The molecule has 1 heterocycles. The first kappa shape index (κ1) is 11.4. The Labute approximate surface area is 97.1 Å². The summed E-state index contributed by atoms with van der Waals surface area (Å²) in [4.78, 5) is 22.6. The molecule has 0 saturated heterocycles. The Morgan fingerprint density at radius 3 is 3.12 bits per heavy atom. The van der Waals surface area contributed by atoms with Gasteiger partial charge in [0, 0.05) is 0 Å². The molecule has 2 N–H and O–H groups in total.